The highest BCUT2D eigenvalue weighted by Gasteiger charge is 2.14. The summed E-state index contributed by atoms with van der Waals surface area (Å²) in [7, 11) is -6.98. The molecular formula is C17H20O5S2. The monoisotopic (exact) mass is 368 g/mol. The maximum atomic E-state index is 11.9. The van der Waals surface area contributed by atoms with E-state index in [1.807, 2.05) is 31.2 Å². The van der Waals surface area contributed by atoms with Crippen molar-refractivity contribution in [3.8, 4) is 16.9 Å². The van der Waals surface area contributed by atoms with Gasteiger partial charge in [-0.3, -0.25) is 0 Å². The van der Waals surface area contributed by atoms with Gasteiger partial charge in [-0.1, -0.05) is 42.0 Å². The van der Waals surface area contributed by atoms with Crippen molar-refractivity contribution in [3.63, 3.8) is 0 Å². The highest BCUT2D eigenvalue weighted by Crippen LogP contribution is 2.23. The summed E-state index contributed by atoms with van der Waals surface area (Å²) in [5.41, 5.74) is 3.15. The fourth-order valence-corrected chi connectivity index (χ4v) is 3.97. The Balaban J connectivity index is 2.01. The summed E-state index contributed by atoms with van der Waals surface area (Å²) in [4.78, 5) is 0. The van der Waals surface area contributed by atoms with Gasteiger partial charge in [-0.2, -0.15) is 8.42 Å². The number of benzene rings is 2. The van der Waals surface area contributed by atoms with Gasteiger partial charge in [-0.25, -0.2) is 8.42 Å². The Bertz CT molecular complexity index is 881. The molecule has 2 aromatic carbocycles. The molecule has 0 saturated carbocycles. The topological polar surface area (TPSA) is 77.5 Å². The molecule has 0 aliphatic heterocycles. The van der Waals surface area contributed by atoms with Crippen LogP contribution in [0.5, 0.6) is 5.75 Å². The third-order valence-corrected chi connectivity index (χ3v) is 5.64. The molecule has 0 aromatic heterocycles. The molecule has 0 radical (unpaired) electrons. The van der Waals surface area contributed by atoms with E-state index in [9.17, 15) is 16.8 Å². The number of hydrogen-bond donors (Lipinski definition) is 0. The Morgan fingerprint density at radius 1 is 0.792 bits per heavy atom. The van der Waals surface area contributed by atoms with Gasteiger partial charge in [0.1, 0.15) is 15.6 Å². The lowest BCUT2D eigenvalue weighted by Crippen LogP contribution is -2.16. The molecule has 0 unspecified atom stereocenters. The van der Waals surface area contributed by atoms with Gasteiger partial charge in [0, 0.05) is 6.26 Å². The number of sulfone groups is 1. The molecule has 0 saturated heterocycles. The minimum absolute atomic E-state index is 0.0165. The highest BCUT2D eigenvalue weighted by atomic mass is 32.2. The molecule has 2 aromatic rings. The fraction of sp³-hybridized carbons (Fsp3) is 0.294. The second kappa shape index (κ2) is 7.36. The van der Waals surface area contributed by atoms with Gasteiger partial charge >= 0.3 is 10.1 Å². The summed E-state index contributed by atoms with van der Waals surface area (Å²) < 4.78 is 50.8. The maximum absolute atomic E-state index is 11.9. The Morgan fingerprint density at radius 2 is 1.29 bits per heavy atom. The molecule has 0 spiro atoms. The summed E-state index contributed by atoms with van der Waals surface area (Å²) in [6.45, 7) is 2.01. The summed E-state index contributed by atoms with van der Waals surface area (Å²) in [6, 6.07) is 14.7. The van der Waals surface area contributed by atoms with Gasteiger partial charge in [0.05, 0.1) is 11.5 Å². The molecule has 0 heterocycles. The molecule has 0 atom stereocenters. The molecule has 0 N–H and O–H groups in total. The molecule has 5 nitrogen and oxygen atoms in total. The van der Waals surface area contributed by atoms with E-state index in [1.165, 1.54) is 5.56 Å². The summed E-state index contributed by atoms with van der Waals surface area (Å²) in [5.74, 6) is -0.299. The van der Waals surface area contributed by atoms with Gasteiger partial charge in [0.25, 0.3) is 0 Å². The normalized spacial score (nSPS) is 12.1. The zero-order valence-electron chi connectivity index (χ0n) is 13.6. The van der Waals surface area contributed by atoms with E-state index < -0.39 is 20.0 Å². The zero-order chi connectivity index (χ0) is 17.8. The van der Waals surface area contributed by atoms with Crippen molar-refractivity contribution in [1.82, 2.24) is 0 Å². The van der Waals surface area contributed by atoms with Gasteiger partial charge < -0.3 is 4.18 Å². The Kier molecular flexibility index (Phi) is 5.66. The van der Waals surface area contributed by atoms with Crippen LogP contribution in [0, 0.1) is 6.92 Å². The lowest BCUT2D eigenvalue weighted by molar-refractivity contribution is 0.485. The average molecular weight is 368 g/mol. The zero-order valence-corrected chi connectivity index (χ0v) is 15.2. The van der Waals surface area contributed by atoms with Crippen LogP contribution < -0.4 is 4.18 Å². The molecule has 0 bridgehead atoms. The van der Waals surface area contributed by atoms with Crippen LogP contribution in [0.3, 0.4) is 0 Å². The van der Waals surface area contributed by atoms with Crippen molar-refractivity contribution in [2.24, 2.45) is 0 Å². The van der Waals surface area contributed by atoms with Crippen LogP contribution in [-0.4, -0.2) is 34.6 Å². The largest absolute Gasteiger partial charge is 0.382 e. The molecule has 0 fully saturated rings. The first-order valence-electron chi connectivity index (χ1n) is 7.42. The molecule has 0 aliphatic carbocycles. The Morgan fingerprint density at radius 3 is 1.79 bits per heavy atom. The van der Waals surface area contributed by atoms with E-state index in [1.54, 1.807) is 24.3 Å². The molecule has 7 heteroatoms. The summed E-state index contributed by atoms with van der Waals surface area (Å²) >= 11 is 0. The number of rotatable bonds is 7. The van der Waals surface area contributed by atoms with Crippen LogP contribution in [0.15, 0.2) is 48.5 Å². The Hall–Kier alpha value is -1.86. The van der Waals surface area contributed by atoms with E-state index in [-0.39, 0.29) is 23.7 Å². The average Bonchev–Trinajstić information content (AvgIpc) is 2.47. The molecule has 2 rings (SSSR count). The molecule has 0 aliphatic rings. The predicted molar refractivity (Wildman–Crippen MR) is 95.4 cm³/mol. The summed E-state index contributed by atoms with van der Waals surface area (Å²) in [5, 5.41) is 0. The van der Waals surface area contributed by atoms with Crippen LogP contribution in [0.4, 0.5) is 0 Å². The minimum Gasteiger partial charge on any atom is -0.382 e. The SMILES string of the molecule is Cc1ccc(-c2ccc(OS(=O)(=O)CCCS(C)(=O)=O)cc2)cc1. The number of aryl methyl sites for hydroxylation is 1. The van der Waals surface area contributed by atoms with Crippen molar-refractivity contribution in [2.75, 3.05) is 17.8 Å². The van der Waals surface area contributed by atoms with Gasteiger partial charge in [0.15, 0.2) is 0 Å². The third kappa shape index (κ3) is 5.98. The van der Waals surface area contributed by atoms with Crippen molar-refractivity contribution >= 4 is 20.0 Å². The van der Waals surface area contributed by atoms with E-state index in [0.29, 0.717) is 0 Å². The first kappa shape index (κ1) is 18.5. The first-order valence-corrected chi connectivity index (χ1v) is 11.1. The standard InChI is InChI=1S/C17H20O5S2/c1-14-4-6-15(7-5-14)16-8-10-17(11-9-16)22-24(20,21)13-3-12-23(2,18)19/h4-11H,3,12-13H2,1-2H3. The van der Waals surface area contributed by atoms with E-state index in [4.69, 9.17) is 4.18 Å². The first-order chi connectivity index (χ1) is 11.1. The van der Waals surface area contributed by atoms with Gasteiger partial charge in [-0.15, -0.1) is 0 Å². The van der Waals surface area contributed by atoms with Crippen LogP contribution in [0.25, 0.3) is 11.1 Å². The number of hydrogen-bond acceptors (Lipinski definition) is 5. The lowest BCUT2D eigenvalue weighted by Gasteiger charge is -2.08. The molecule has 130 valence electrons. The van der Waals surface area contributed by atoms with Crippen LogP contribution in [-0.2, 0) is 20.0 Å². The minimum atomic E-state index is -3.80. The van der Waals surface area contributed by atoms with Crippen molar-refractivity contribution < 1.29 is 21.0 Å². The van der Waals surface area contributed by atoms with Crippen LogP contribution in [0.2, 0.25) is 0 Å². The molecule has 24 heavy (non-hydrogen) atoms. The lowest BCUT2D eigenvalue weighted by atomic mass is 10.0. The third-order valence-electron chi connectivity index (χ3n) is 3.37. The highest BCUT2D eigenvalue weighted by molar-refractivity contribution is 7.90. The van der Waals surface area contributed by atoms with Crippen molar-refractivity contribution in [2.45, 2.75) is 13.3 Å². The van der Waals surface area contributed by atoms with Crippen molar-refractivity contribution in [1.29, 1.82) is 0 Å². The van der Waals surface area contributed by atoms with E-state index in [0.717, 1.165) is 17.4 Å². The van der Waals surface area contributed by atoms with Crippen LogP contribution >= 0.6 is 0 Å². The Labute approximate surface area is 143 Å². The molecular weight excluding hydrogens is 348 g/mol. The predicted octanol–water partition coefficient (Wildman–Crippen LogP) is 2.81. The molecule has 0 amide bonds. The van der Waals surface area contributed by atoms with Crippen LogP contribution in [0.1, 0.15) is 12.0 Å². The van der Waals surface area contributed by atoms with Gasteiger partial charge in [-0.05, 0) is 36.6 Å². The summed E-state index contributed by atoms with van der Waals surface area (Å²) in [6.07, 6.45) is 1.09. The quantitative estimate of drug-likeness (QED) is 0.702. The second-order valence-electron chi connectivity index (χ2n) is 5.72. The second-order valence-corrected chi connectivity index (χ2v) is 9.67. The van der Waals surface area contributed by atoms with Gasteiger partial charge in [0.2, 0.25) is 0 Å². The van der Waals surface area contributed by atoms with E-state index in [2.05, 4.69) is 0 Å². The fourth-order valence-electron chi connectivity index (χ4n) is 2.14. The maximum Gasteiger partial charge on any atom is 0.309 e. The van der Waals surface area contributed by atoms with Crippen molar-refractivity contribution in [3.05, 3.63) is 54.1 Å². The smallest absolute Gasteiger partial charge is 0.309 e. The van der Waals surface area contributed by atoms with E-state index >= 15 is 0 Å².